The number of hydrogen-bond acceptors (Lipinski definition) is 6. The van der Waals surface area contributed by atoms with Crippen LogP contribution in [-0.2, 0) is 20.4 Å². The number of carbonyl (C=O) groups is 1. The number of thiophene rings is 1. The predicted molar refractivity (Wildman–Crippen MR) is 123 cm³/mol. The quantitative estimate of drug-likeness (QED) is 0.385. The van der Waals surface area contributed by atoms with Crippen LogP contribution in [0.3, 0.4) is 0 Å². The molecular formula is C24H21NO4S2. The van der Waals surface area contributed by atoms with Crippen LogP contribution in [0.4, 0.5) is 0 Å². The maximum Gasteiger partial charge on any atom is 0.356 e. The zero-order valence-electron chi connectivity index (χ0n) is 16.6. The summed E-state index contributed by atoms with van der Waals surface area (Å²) in [4.78, 5) is 17.5. The van der Waals surface area contributed by atoms with Crippen molar-refractivity contribution in [1.82, 2.24) is 5.48 Å². The molecule has 0 amide bonds. The van der Waals surface area contributed by atoms with Gasteiger partial charge in [-0.25, -0.2) is 13.2 Å². The number of sulfone groups is 1. The number of rotatable bonds is 8. The maximum absolute atomic E-state index is 13.0. The first kappa shape index (κ1) is 21.2. The Kier molecular flexibility index (Phi) is 6.46. The van der Waals surface area contributed by atoms with Crippen molar-refractivity contribution in [2.75, 3.05) is 5.75 Å². The minimum Gasteiger partial charge on any atom is -0.366 e. The van der Waals surface area contributed by atoms with Gasteiger partial charge in [0, 0.05) is 4.70 Å². The number of hydroxylamine groups is 1. The summed E-state index contributed by atoms with van der Waals surface area (Å²) in [6.07, 6.45) is 0. The molecule has 5 nitrogen and oxygen atoms in total. The molecule has 0 aliphatic rings. The molecule has 0 spiro atoms. The lowest BCUT2D eigenvalue weighted by Crippen LogP contribution is -2.31. The van der Waals surface area contributed by atoms with Crippen molar-refractivity contribution in [2.45, 2.75) is 11.8 Å². The Balaban J connectivity index is 1.50. The summed E-state index contributed by atoms with van der Waals surface area (Å²) >= 11 is 1.62. The van der Waals surface area contributed by atoms with Gasteiger partial charge in [-0.05, 0) is 52.2 Å². The van der Waals surface area contributed by atoms with Crippen LogP contribution in [0.15, 0.2) is 90.3 Å². The lowest BCUT2D eigenvalue weighted by molar-refractivity contribution is 0.0172. The van der Waals surface area contributed by atoms with Gasteiger partial charge in [0.15, 0.2) is 9.84 Å². The standard InChI is InChI=1S/C24H21NO4S2/c26-24(20-9-5-2-6-10-20)29-25-22(19-7-3-1-4-8-19)17-31(27,28)16-18-11-12-23-21(15-18)13-14-30-23/h1-15,22,25H,16-17H2. The molecule has 0 bridgehead atoms. The van der Waals surface area contributed by atoms with Gasteiger partial charge in [-0.1, -0.05) is 54.6 Å². The van der Waals surface area contributed by atoms with Crippen molar-refractivity contribution in [3.63, 3.8) is 0 Å². The van der Waals surface area contributed by atoms with E-state index in [9.17, 15) is 13.2 Å². The van der Waals surface area contributed by atoms with Crippen LogP contribution in [-0.4, -0.2) is 20.1 Å². The van der Waals surface area contributed by atoms with Crippen molar-refractivity contribution in [2.24, 2.45) is 0 Å². The van der Waals surface area contributed by atoms with Crippen LogP contribution in [0.25, 0.3) is 10.1 Å². The summed E-state index contributed by atoms with van der Waals surface area (Å²) in [5, 5.41) is 3.02. The molecule has 0 saturated carbocycles. The molecule has 4 rings (SSSR count). The second-order valence-electron chi connectivity index (χ2n) is 7.18. The molecule has 31 heavy (non-hydrogen) atoms. The Bertz CT molecular complexity index is 1270. The molecule has 1 atom stereocenters. The van der Waals surface area contributed by atoms with Crippen LogP contribution in [0.5, 0.6) is 0 Å². The van der Waals surface area contributed by atoms with Crippen LogP contribution >= 0.6 is 11.3 Å². The molecule has 1 aromatic heterocycles. The second-order valence-corrected chi connectivity index (χ2v) is 10.2. The first-order chi connectivity index (χ1) is 15.0. The first-order valence-corrected chi connectivity index (χ1v) is 12.4. The largest absolute Gasteiger partial charge is 0.366 e. The Hall–Kier alpha value is -3.00. The van der Waals surface area contributed by atoms with E-state index < -0.39 is 21.8 Å². The van der Waals surface area contributed by atoms with Gasteiger partial charge < -0.3 is 4.84 Å². The fourth-order valence-corrected chi connectivity index (χ4v) is 5.66. The number of carbonyl (C=O) groups excluding carboxylic acids is 1. The van der Waals surface area contributed by atoms with Crippen molar-refractivity contribution in [3.05, 3.63) is 107 Å². The average molecular weight is 452 g/mol. The molecular weight excluding hydrogens is 430 g/mol. The van der Waals surface area contributed by atoms with Crippen molar-refractivity contribution >= 4 is 37.2 Å². The third-order valence-electron chi connectivity index (χ3n) is 4.83. The van der Waals surface area contributed by atoms with Gasteiger partial charge in [0.1, 0.15) is 0 Å². The van der Waals surface area contributed by atoms with E-state index in [0.717, 1.165) is 21.2 Å². The number of benzene rings is 3. The number of hydrogen-bond donors (Lipinski definition) is 1. The molecule has 4 aromatic rings. The molecule has 1 unspecified atom stereocenters. The van der Waals surface area contributed by atoms with Gasteiger partial charge in [-0.3, -0.25) is 0 Å². The van der Waals surface area contributed by atoms with Crippen LogP contribution in [0, 0.1) is 0 Å². The highest BCUT2D eigenvalue weighted by atomic mass is 32.2. The SMILES string of the molecule is O=C(ONC(CS(=O)(=O)Cc1ccc2sccc2c1)c1ccccc1)c1ccccc1. The maximum atomic E-state index is 13.0. The fourth-order valence-electron chi connectivity index (χ4n) is 3.31. The molecule has 0 radical (unpaired) electrons. The lowest BCUT2D eigenvalue weighted by atomic mass is 10.1. The summed E-state index contributed by atoms with van der Waals surface area (Å²) in [5.74, 6) is -0.862. The van der Waals surface area contributed by atoms with E-state index in [2.05, 4.69) is 5.48 Å². The summed E-state index contributed by atoms with van der Waals surface area (Å²) in [6, 6.07) is 24.6. The van der Waals surface area contributed by atoms with E-state index in [-0.39, 0.29) is 11.5 Å². The average Bonchev–Trinajstić information content (AvgIpc) is 3.25. The normalized spacial score (nSPS) is 12.5. The summed E-state index contributed by atoms with van der Waals surface area (Å²) in [6.45, 7) is 0. The van der Waals surface area contributed by atoms with Crippen molar-refractivity contribution in [3.8, 4) is 0 Å². The fraction of sp³-hybridized carbons (Fsp3) is 0.125. The van der Waals surface area contributed by atoms with Gasteiger partial charge in [-0.15, -0.1) is 16.8 Å². The van der Waals surface area contributed by atoms with E-state index in [1.807, 2.05) is 47.8 Å². The third-order valence-corrected chi connectivity index (χ3v) is 7.34. The Morgan fingerprint density at radius 2 is 1.65 bits per heavy atom. The Morgan fingerprint density at radius 1 is 0.935 bits per heavy atom. The number of nitrogens with one attached hydrogen (secondary N) is 1. The number of fused-ring (bicyclic) bond motifs is 1. The smallest absolute Gasteiger partial charge is 0.356 e. The van der Waals surface area contributed by atoms with E-state index in [1.54, 1.807) is 53.8 Å². The zero-order chi connectivity index (χ0) is 21.7. The summed E-state index contributed by atoms with van der Waals surface area (Å²) < 4.78 is 27.1. The monoisotopic (exact) mass is 451 g/mol. The van der Waals surface area contributed by atoms with Crippen LogP contribution in [0.2, 0.25) is 0 Å². The highest BCUT2D eigenvalue weighted by Crippen LogP contribution is 2.24. The minimum absolute atomic E-state index is 0.0869. The van der Waals surface area contributed by atoms with E-state index in [0.29, 0.717) is 5.56 Å². The van der Waals surface area contributed by atoms with Crippen molar-refractivity contribution < 1.29 is 18.0 Å². The van der Waals surface area contributed by atoms with E-state index >= 15 is 0 Å². The second kappa shape index (κ2) is 9.43. The van der Waals surface area contributed by atoms with Crippen LogP contribution < -0.4 is 5.48 Å². The molecule has 1 N–H and O–H groups in total. The summed E-state index contributed by atoms with van der Waals surface area (Å²) in [5.41, 5.74) is 4.52. The first-order valence-electron chi connectivity index (χ1n) is 9.73. The predicted octanol–water partition coefficient (Wildman–Crippen LogP) is 4.92. The lowest BCUT2D eigenvalue weighted by Gasteiger charge is -2.19. The highest BCUT2D eigenvalue weighted by Gasteiger charge is 2.23. The van der Waals surface area contributed by atoms with Gasteiger partial charge in [0.25, 0.3) is 0 Å². The molecule has 0 aliphatic heterocycles. The van der Waals surface area contributed by atoms with E-state index in [4.69, 9.17) is 4.84 Å². The molecule has 158 valence electrons. The minimum atomic E-state index is -3.50. The van der Waals surface area contributed by atoms with Gasteiger partial charge in [-0.2, -0.15) is 0 Å². The van der Waals surface area contributed by atoms with Gasteiger partial charge in [0.05, 0.1) is 23.1 Å². The van der Waals surface area contributed by atoms with Gasteiger partial charge >= 0.3 is 5.97 Å². The Labute approximate surface area is 185 Å². The Morgan fingerprint density at radius 3 is 2.39 bits per heavy atom. The van der Waals surface area contributed by atoms with Crippen molar-refractivity contribution in [1.29, 1.82) is 0 Å². The summed E-state index contributed by atoms with van der Waals surface area (Å²) in [7, 11) is -3.50. The molecule has 0 aliphatic carbocycles. The zero-order valence-corrected chi connectivity index (χ0v) is 18.2. The molecule has 3 aromatic carbocycles. The third kappa shape index (κ3) is 5.58. The van der Waals surface area contributed by atoms with Gasteiger partial charge in [0.2, 0.25) is 0 Å². The van der Waals surface area contributed by atoms with E-state index in [1.165, 1.54) is 0 Å². The highest BCUT2D eigenvalue weighted by molar-refractivity contribution is 7.90. The molecule has 1 heterocycles. The molecule has 0 fully saturated rings. The van der Waals surface area contributed by atoms with Crippen LogP contribution in [0.1, 0.15) is 27.5 Å². The topological polar surface area (TPSA) is 72.5 Å². The molecule has 7 heteroatoms. The molecule has 0 saturated heterocycles.